The average molecular weight is 367 g/mol. The summed E-state index contributed by atoms with van der Waals surface area (Å²) < 4.78 is 7.38. The van der Waals surface area contributed by atoms with Crippen molar-refractivity contribution < 1.29 is 14.2 Å². The second-order valence-electron chi connectivity index (χ2n) is 3.46. The highest BCUT2D eigenvalue weighted by Crippen LogP contribution is 2.24. The first-order valence-corrected chi connectivity index (χ1v) is 6.49. The molecule has 5 nitrogen and oxygen atoms in total. The molecule has 0 amide bonds. The van der Waals surface area contributed by atoms with Crippen LogP contribution in [0.2, 0.25) is 0 Å². The number of hydrazone groups is 1. The van der Waals surface area contributed by atoms with Gasteiger partial charge in [0, 0.05) is 33.8 Å². The number of carbonyl (C=O) groups is 1. The lowest BCUT2D eigenvalue weighted by Gasteiger charge is -2.08. The van der Waals surface area contributed by atoms with Gasteiger partial charge in [0.05, 0.1) is 6.61 Å². The zero-order valence-electron chi connectivity index (χ0n) is 9.28. The second-order valence-corrected chi connectivity index (χ2v) is 4.92. The molecular weight excluding hydrogens is 356 g/mol. The van der Waals surface area contributed by atoms with Gasteiger partial charge in [-0.3, -0.25) is 0 Å². The Labute approximate surface area is 117 Å². The molecule has 7 heteroatoms. The molecule has 0 aromatic heterocycles. The van der Waals surface area contributed by atoms with Crippen LogP contribution in [0.3, 0.4) is 0 Å². The number of esters is 1. The van der Waals surface area contributed by atoms with Crippen LogP contribution in [0.5, 0.6) is 0 Å². The lowest BCUT2D eigenvalue weighted by atomic mass is 10.3. The highest BCUT2D eigenvalue weighted by Gasteiger charge is 2.40. The maximum atomic E-state index is 11.6. The van der Waals surface area contributed by atoms with Gasteiger partial charge in [0.2, 0.25) is 5.71 Å². The number of halogens is 2. The van der Waals surface area contributed by atoms with Crippen LogP contribution in [0.25, 0.3) is 0 Å². The summed E-state index contributed by atoms with van der Waals surface area (Å²) in [6.07, 6.45) is 1.17. The van der Waals surface area contributed by atoms with Gasteiger partial charge in [0.1, 0.15) is 10.7 Å². The van der Waals surface area contributed by atoms with Gasteiger partial charge < -0.3 is 4.74 Å². The molecule has 1 atom stereocenters. The van der Waals surface area contributed by atoms with Crippen LogP contribution < -0.4 is 0 Å². The summed E-state index contributed by atoms with van der Waals surface area (Å²) in [5, 5.41) is 4.67. The number of aliphatic imine (C=N–C) groups is 1. The van der Waals surface area contributed by atoms with E-state index in [9.17, 15) is 4.79 Å². The number of carbonyl (C=O) groups excluding carboxylic acids is 1. The van der Waals surface area contributed by atoms with E-state index in [1.54, 1.807) is 11.6 Å². The standard InChI is InChI=1S/C10H10ClIN3O2/c1-3-17-10(16)7-4-6(11)9-13-5(2)8(12)15(9)14-7/h4,9H,3H2,1-2H3/q+1. The summed E-state index contributed by atoms with van der Waals surface area (Å²) in [6, 6.07) is 0. The van der Waals surface area contributed by atoms with Gasteiger partial charge in [0.25, 0.3) is 3.72 Å². The maximum absolute atomic E-state index is 11.6. The van der Waals surface area contributed by atoms with E-state index in [1.807, 2.05) is 6.92 Å². The van der Waals surface area contributed by atoms with Gasteiger partial charge in [-0.1, -0.05) is 11.6 Å². The molecule has 17 heavy (non-hydrogen) atoms. The molecule has 0 bridgehead atoms. The normalized spacial score (nSPS) is 22.8. The van der Waals surface area contributed by atoms with E-state index in [2.05, 4.69) is 32.7 Å². The molecule has 0 radical (unpaired) electrons. The van der Waals surface area contributed by atoms with E-state index in [4.69, 9.17) is 16.3 Å². The third-order valence-electron chi connectivity index (χ3n) is 2.27. The molecular formula is C10H10ClIN3O2+. The van der Waals surface area contributed by atoms with E-state index in [0.717, 1.165) is 9.43 Å². The predicted molar refractivity (Wildman–Crippen MR) is 74.2 cm³/mol. The summed E-state index contributed by atoms with van der Waals surface area (Å²) >= 11 is 8.22. The number of rotatable bonds is 2. The molecule has 1 unspecified atom stereocenters. The van der Waals surface area contributed by atoms with Crippen molar-refractivity contribution in [1.29, 1.82) is 0 Å². The van der Waals surface area contributed by atoms with Crippen molar-refractivity contribution in [2.75, 3.05) is 6.61 Å². The van der Waals surface area contributed by atoms with Crippen LogP contribution >= 0.6 is 34.2 Å². The SMILES string of the molecule is CCOC(=O)C1=N[N+]2=C(I)C(C)=NC2C(Cl)=C1. The molecule has 2 aliphatic rings. The molecule has 90 valence electrons. The van der Waals surface area contributed by atoms with E-state index in [1.165, 1.54) is 6.08 Å². The Morgan fingerprint density at radius 3 is 3.06 bits per heavy atom. The summed E-state index contributed by atoms with van der Waals surface area (Å²) in [5.41, 5.74) is 1.06. The van der Waals surface area contributed by atoms with Gasteiger partial charge in [-0.15, -0.1) is 0 Å². The highest BCUT2D eigenvalue weighted by atomic mass is 127. The molecule has 0 saturated heterocycles. The molecule has 2 heterocycles. The van der Waals surface area contributed by atoms with Gasteiger partial charge >= 0.3 is 12.1 Å². The molecule has 0 aromatic rings. The summed E-state index contributed by atoms with van der Waals surface area (Å²) in [5.74, 6) is -0.474. The third-order valence-corrected chi connectivity index (χ3v) is 3.85. The van der Waals surface area contributed by atoms with Gasteiger partial charge in [-0.2, -0.15) is 0 Å². The van der Waals surface area contributed by atoms with Crippen molar-refractivity contribution in [3.05, 3.63) is 11.1 Å². The van der Waals surface area contributed by atoms with Crippen molar-refractivity contribution in [2.24, 2.45) is 10.1 Å². The van der Waals surface area contributed by atoms with Crippen LogP contribution in [0, 0.1) is 0 Å². The maximum Gasteiger partial charge on any atom is 0.363 e. The fraction of sp³-hybridized carbons (Fsp3) is 0.400. The first-order chi connectivity index (χ1) is 8.04. The lowest BCUT2D eigenvalue weighted by Crippen LogP contribution is -2.29. The van der Waals surface area contributed by atoms with Crippen LogP contribution in [-0.2, 0) is 9.53 Å². The minimum atomic E-state index is -0.474. The zero-order valence-corrected chi connectivity index (χ0v) is 12.2. The Balaban J connectivity index is 2.38. The number of hydrogen-bond donors (Lipinski definition) is 0. The van der Waals surface area contributed by atoms with E-state index >= 15 is 0 Å². The predicted octanol–water partition coefficient (Wildman–Crippen LogP) is 1.69. The minimum absolute atomic E-state index is 0.201. The van der Waals surface area contributed by atoms with Crippen molar-refractivity contribution in [3.63, 3.8) is 0 Å². The summed E-state index contributed by atoms with van der Waals surface area (Å²) in [7, 11) is 0. The monoisotopic (exact) mass is 366 g/mol. The number of nitrogens with zero attached hydrogens (tertiary/aromatic N) is 3. The largest absolute Gasteiger partial charge is 0.461 e. The molecule has 0 spiro atoms. The van der Waals surface area contributed by atoms with Gasteiger partial charge in [-0.25, -0.2) is 9.79 Å². The third kappa shape index (κ3) is 2.28. The fourth-order valence-electron chi connectivity index (χ4n) is 1.50. The molecule has 0 saturated carbocycles. The Kier molecular flexibility index (Phi) is 3.62. The Morgan fingerprint density at radius 1 is 1.71 bits per heavy atom. The summed E-state index contributed by atoms with van der Waals surface area (Å²) in [4.78, 5) is 15.9. The molecule has 0 N–H and O–H groups in total. The molecule has 0 aliphatic carbocycles. The minimum Gasteiger partial charge on any atom is -0.461 e. The van der Waals surface area contributed by atoms with Crippen molar-refractivity contribution in [1.82, 2.24) is 0 Å². The summed E-state index contributed by atoms with van der Waals surface area (Å²) in [6.45, 7) is 3.93. The van der Waals surface area contributed by atoms with Crippen LogP contribution in [0.1, 0.15) is 13.8 Å². The van der Waals surface area contributed by atoms with E-state index in [-0.39, 0.29) is 11.9 Å². The van der Waals surface area contributed by atoms with E-state index in [0.29, 0.717) is 11.6 Å². The molecule has 0 aromatic carbocycles. The second kappa shape index (κ2) is 4.85. The first kappa shape index (κ1) is 12.7. The van der Waals surface area contributed by atoms with Crippen LogP contribution in [0.15, 0.2) is 21.2 Å². The van der Waals surface area contributed by atoms with Crippen LogP contribution in [-0.4, -0.2) is 38.6 Å². The number of hydrogen-bond acceptors (Lipinski definition) is 4. The Hall–Kier alpha value is -0.760. The zero-order chi connectivity index (χ0) is 12.6. The van der Waals surface area contributed by atoms with Gasteiger partial charge in [-0.05, 0) is 18.5 Å². The van der Waals surface area contributed by atoms with Gasteiger partial charge in [0.15, 0.2) is 0 Å². The van der Waals surface area contributed by atoms with Crippen molar-refractivity contribution in [2.45, 2.75) is 20.0 Å². The highest BCUT2D eigenvalue weighted by molar-refractivity contribution is 14.1. The first-order valence-electron chi connectivity index (χ1n) is 5.04. The van der Waals surface area contributed by atoms with Crippen LogP contribution in [0.4, 0.5) is 0 Å². The fourth-order valence-corrected chi connectivity index (χ4v) is 2.25. The number of ether oxygens (including phenoxy) is 1. The van der Waals surface area contributed by atoms with Crippen molar-refractivity contribution >= 4 is 55.3 Å². The van der Waals surface area contributed by atoms with Crippen molar-refractivity contribution in [3.8, 4) is 0 Å². The topological polar surface area (TPSA) is 54.0 Å². The smallest absolute Gasteiger partial charge is 0.363 e. The Morgan fingerprint density at radius 2 is 2.41 bits per heavy atom. The quantitative estimate of drug-likeness (QED) is 0.424. The Bertz CT molecular complexity index is 508. The van der Waals surface area contributed by atoms with E-state index < -0.39 is 5.97 Å². The molecule has 0 fully saturated rings. The molecule has 2 aliphatic heterocycles. The average Bonchev–Trinajstić information content (AvgIpc) is 2.57. The molecule has 2 rings (SSSR count). The lowest BCUT2D eigenvalue weighted by molar-refractivity contribution is -0.552. The number of fused-ring (bicyclic) bond motifs is 1.